The highest BCUT2D eigenvalue weighted by Gasteiger charge is 2.15. The number of aromatic nitrogens is 1. The summed E-state index contributed by atoms with van der Waals surface area (Å²) in [5, 5.41) is 2.80. The van der Waals surface area contributed by atoms with Crippen LogP contribution in [0, 0.1) is 0 Å². The van der Waals surface area contributed by atoms with E-state index in [1.54, 1.807) is 18.0 Å². The molecule has 0 saturated heterocycles. The lowest BCUT2D eigenvalue weighted by Crippen LogP contribution is -2.32. The van der Waals surface area contributed by atoms with Gasteiger partial charge in [-0.1, -0.05) is 30.3 Å². The van der Waals surface area contributed by atoms with E-state index < -0.39 is 0 Å². The standard InChI is InChI=1S/C19H24N4O2/c1-22(2)12-11-21-18(24)17-13-16(9-10-20-17)19(25)23(3)14-15-7-5-4-6-8-15/h4-10,13H,11-12,14H2,1-3H3,(H,21,24). The van der Waals surface area contributed by atoms with Gasteiger partial charge in [0.1, 0.15) is 5.69 Å². The molecule has 0 fully saturated rings. The number of nitrogens with zero attached hydrogens (tertiary/aromatic N) is 3. The largest absolute Gasteiger partial charge is 0.349 e. The average molecular weight is 340 g/mol. The number of pyridine rings is 1. The topological polar surface area (TPSA) is 65.5 Å². The number of benzene rings is 1. The van der Waals surface area contributed by atoms with Crippen molar-refractivity contribution in [3.8, 4) is 0 Å². The molecule has 1 aromatic heterocycles. The van der Waals surface area contributed by atoms with E-state index in [-0.39, 0.29) is 17.5 Å². The third-order valence-electron chi connectivity index (χ3n) is 3.69. The third kappa shape index (κ3) is 5.69. The van der Waals surface area contributed by atoms with Gasteiger partial charge in [-0.2, -0.15) is 0 Å². The molecule has 2 amide bonds. The molecule has 0 bridgehead atoms. The zero-order valence-electron chi connectivity index (χ0n) is 14.9. The quantitative estimate of drug-likeness (QED) is 0.832. The van der Waals surface area contributed by atoms with Gasteiger partial charge in [-0.15, -0.1) is 0 Å². The maximum Gasteiger partial charge on any atom is 0.269 e. The first kappa shape index (κ1) is 18.6. The van der Waals surface area contributed by atoms with E-state index in [9.17, 15) is 9.59 Å². The van der Waals surface area contributed by atoms with E-state index >= 15 is 0 Å². The minimum Gasteiger partial charge on any atom is -0.349 e. The van der Waals surface area contributed by atoms with Gasteiger partial charge in [-0.25, -0.2) is 0 Å². The number of rotatable bonds is 7. The normalized spacial score (nSPS) is 10.6. The van der Waals surface area contributed by atoms with Crippen LogP contribution in [0.5, 0.6) is 0 Å². The first-order valence-electron chi connectivity index (χ1n) is 8.15. The number of nitrogens with one attached hydrogen (secondary N) is 1. The van der Waals surface area contributed by atoms with Crippen LogP contribution in [0.25, 0.3) is 0 Å². The van der Waals surface area contributed by atoms with Crippen LogP contribution in [0.15, 0.2) is 48.7 Å². The molecule has 0 aliphatic heterocycles. The van der Waals surface area contributed by atoms with Crippen molar-refractivity contribution >= 4 is 11.8 Å². The molecule has 6 heteroatoms. The molecule has 0 atom stereocenters. The van der Waals surface area contributed by atoms with Gasteiger partial charge < -0.3 is 15.1 Å². The number of hydrogen-bond acceptors (Lipinski definition) is 4. The molecule has 2 rings (SSSR count). The minimum absolute atomic E-state index is 0.145. The highest BCUT2D eigenvalue weighted by atomic mass is 16.2. The molecular weight excluding hydrogens is 316 g/mol. The van der Waals surface area contributed by atoms with Crippen LogP contribution >= 0.6 is 0 Å². The third-order valence-corrected chi connectivity index (χ3v) is 3.69. The van der Waals surface area contributed by atoms with Crippen molar-refractivity contribution in [1.29, 1.82) is 0 Å². The fourth-order valence-electron chi connectivity index (χ4n) is 2.32. The van der Waals surface area contributed by atoms with Gasteiger partial charge in [-0.05, 0) is 31.8 Å². The van der Waals surface area contributed by atoms with Crippen molar-refractivity contribution in [2.75, 3.05) is 34.2 Å². The van der Waals surface area contributed by atoms with E-state index in [4.69, 9.17) is 0 Å². The van der Waals surface area contributed by atoms with E-state index in [2.05, 4.69) is 10.3 Å². The molecular formula is C19H24N4O2. The van der Waals surface area contributed by atoms with Crippen molar-refractivity contribution in [1.82, 2.24) is 20.1 Å². The summed E-state index contributed by atoms with van der Waals surface area (Å²) in [5.41, 5.74) is 1.75. The number of hydrogen-bond donors (Lipinski definition) is 1. The Kier molecular flexibility index (Phi) is 6.65. The molecule has 1 aromatic carbocycles. The van der Waals surface area contributed by atoms with Crippen LogP contribution in [0.4, 0.5) is 0 Å². The van der Waals surface area contributed by atoms with Crippen LogP contribution < -0.4 is 5.32 Å². The fourth-order valence-corrected chi connectivity index (χ4v) is 2.32. The molecule has 2 aromatic rings. The minimum atomic E-state index is -0.276. The van der Waals surface area contributed by atoms with Crippen LogP contribution in [0.3, 0.4) is 0 Å². The zero-order valence-corrected chi connectivity index (χ0v) is 14.9. The Balaban J connectivity index is 2.01. The molecule has 0 spiro atoms. The van der Waals surface area contributed by atoms with E-state index in [1.807, 2.05) is 49.3 Å². The lowest BCUT2D eigenvalue weighted by Gasteiger charge is -2.17. The monoisotopic (exact) mass is 340 g/mol. The molecule has 1 heterocycles. The predicted octanol–water partition coefficient (Wildman–Crippen LogP) is 1.65. The van der Waals surface area contributed by atoms with Gasteiger partial charge in [0, 0.05) is 38.4 Å². The maximum atomic E-state index is 12.6. The lowest BCUT2D eigenvalue weighted by molar-refractivity contribution is 0.0785. The van der Waals surface area contributed by atoms with Crippen molar-refractivity contribution in [2.24, 2.45) is 0 Å². The van der Waals surface area contributed by atoms with E-state index in [1.165, 1.54) is 12.3 Å². The van der Waals surface area contributed by atoms with Crippen molar-refractivity contribution in [2.45, 2.75) is 6.54 Å². The number of likely N-dealkylation sites (N-methyl/N-ethyl adjacent to an activating group) is 1. The molecule has 0 saturated carbocycles. The number of carbonyl (C=O) groups is 2. The second kappa shape index (κ2) is 8.94. The molecule has 0 aliphatic carbocycles. The number of carbonyl (C=O) groups excluding carboxylic acids is 2. The lowest BCUT2D eigenvalue weighted by atomic mass is 10.1. The van der Waals surface area contributed by atoms with Crippen LogP contribution in [-0.4, -0.2) is 60.8 Å². The van der Waals surface area contributed by atoms with Crippen LogP contribution in [0.2, 0.25) is 0 Å². The van der Waals surface area contributed by atoms with Crippen molar-refractivity contribution < 1.29 is 9.59 Å². The SMILES string of the molecule is CN(C)CCNC(=O)c1cc(C(=O)N(C)Cc2ccccc2)ccn1. The van der Waals surface area contributed by atoms with Gasteiger partial charge in [0.15, 0.2) is 0 Å². The van der Waals surface area contributed by atoms with Crippen LogP contribution in [-0.2, 0) is 6.54 Å². The summed E-state index contributed by atoms with van der Waals surface area (Å²) < 4.78 is 0. The Morgan fingerprint density at radius 1 is 1.08 bits per heavy atom. The summed E-state index contributed by atoms with van der Waals surface area (Å²) in [4.78, 5) is 32.4. The van der Waals surface area contributed by atoms with Gasteiger partial charge in [-0.3, -0.25) is 14.6 Å². The molecule has 1 N–H and O–H groups in total. The maximum absolute atomic E-state index is 12.6. The summed E-state index contributed by atoms with van der Waals surface area (Å²) in [6.45, 7) is 1.77. The second-order valence-electron chi connectivity index (χ2n) is 6.14. The van der Waals surface area contributed by atoms with Gasteiger partial charge in [0.05, 0.1) is 0 Å². The highest BCUT2D eigenvalue weighted by Crippen LogP contribution is 2.09. The predicted molar refractivity (Wildman–Crippen MR) is 97.4 cm³/mol. The average Bonchev–Trinajstić information content (AvgIpc) is 2.61. The van der Waals surface area contributed by atoms with E-state index in [0.717, 1.165) is 12.1 Å². The summed E-state index contributed by atoms with van der Waals surface area (Å²) in [6.07, 6.45) is 1.49. The first-order valence-corrected chi connectivity index (χ1v) is 8.15. The van der Waals surface area contributed by atoms with Gasteiger partial charge in [0.2, 0.25) is 0 Å². The summed E-state index contributed by atoms with van der Waals surface area (Å²) in [6, 6.07) is 12.9. The summed E-state index contributed by atoms with van der Waals surface area (Å²) in [5.74, 6) is -0.421. The summed E-state index contributed by atoms with van der Waals surface area (Å²) >= 11 is 0. The van der Waals surface area contributed by atoms with Gasteiger partial charge in [0.25, 0.3) is 11.8 Å². The molecule has 6 nitrogen and oxygen atoms in total. The van der Waals surface area contributed by atoms with Crippen molar-refractivity contribution in [3.05, 3.63) is 65.5 Å². The van der Waals surface area contributed by atoms with Crippen molar-refractivity contribution in [3.63, 3.8) is 0 Å². The Morgan fingerprint density at radius 3 is 2.48 bits per heavy atom. The number of amides is 2. The Morgan fingerprint density at radius 2 is 1.80 bits per heavy atom. The molecule has 0 aliphatic rings. The molecule has 25 heavy (non-hydrogen) atoms. The fraction of sp³-hybridized carbons (Fsp3) is 0.316. The highest BCUT2D eigenvalue weighted by molar-refractivity contribution is 5.98. The van der Waals surface area contributed by atoms with Gasteiger partial charge >= 0.3 is 0 Å². The Hall–Kier alpha value is -2.73. The second-order valence-corrected chi connectivity index (χ2v) is 6.14. The van der Waals surface area contributed by atoms with E-state index in [0.29, 0.717) is 18.7 Å². The van der Waals surface area contributed by atoms with Crippen LogP contribution in [0.1, 0.15) is 26.4 Å². The molecule has 0 unspecified atom stereocenters. The first-order chi connectivity index (χ1) is 12.0. The summed E-state index contributed by atoms with van der Waals surface area (Å²) in [7, 11) is 5.62. The Labute approximate surface area is 148 Å². The molecule has 0 radical (unpaired) electrons. The smallest absolute Gasteiger partial charge is 0.269 e. The Bertz CT molecular complexity index is 716. The zero-order chi connectivity index (χ0) is 18.2. The molecule has 132 valence electrons.